The van der Waals surface area contributed by atoms with Gasteiger partial charge in [0, 0.05) is 45.8 Å². The number of aromatic nitrogens is 4. The molecule has 1 aliphatic rings. The molecular formula is C27H30N6O. The van der Waals surface area contributed by atoms with Gasteiger partial charge in [-0.05, 0) is 42.7 Å². The number of hydrogen-bond acceptors (Lipinski definition) is 3. The van der Waals surface area contributed by atoms with Gasteiger partial charge in [-0.15, -0.1) is 0 Å². The number of likely N-dealkylation sites (N-methyl/N-ethyl adjacent to an activating group) is 1. The highest BCUT2D eigenvalue weighted by atomic mass is 16.2. The SMILES string of the molecule is CCn1c(/C=C/c2ccc(CN3CCN(C)C3=O)cc2)nc2c(-c3c(C)cnn3C)cccc21. The molecule has 7 heteroatoms. The van der Waals surface area contributed by atoms with E-state index in [1.165, 1.54) is 0 Å². The number of urea groups is 1. The van der Waals surface area contributed by atoms with E-state index in [4.69, 9.17) is 4.98 Å². The van der Waals surface area contributed by atoms with Crippen LogP contribution in [0, 0.1) is 6.92 Å². The Balaban J connectivity index is 1.42. The van der Waals surface area contributed by atoms with Crippen molar-refractivity contribution in [1.82, 2.24) is 29.1 Å². The zero-order valence-electron chi connectivity index (χ0n) is 20.2. The van der Waals surface area contributed by atoms with Crippen LogP contribution in [0.4, 0.5) is 4.79 Å². The quantitative estimate of drug-likeness (QED) is 0.420. The van der Waals surface area contributed by atoms with E-state index in [9.17, 15) is 4.79 Å². The van der Waals surface area contributed by atoms with Gasteiger partial charge in [0.1, 0.15) is 5.82 Å². The first-order valence-corrected chi connectivity index (χ1v) is 11.7. The monoisotopic (exact) mass is 454 g/mol. The van der Waals surface area contributed by atoms with Gasteiger partial charge in [-0.25, -0.2) is 9.78 Å². The number of rotatable bonds is 6. The molecule has 2 amide bonds. The van der Waals surface area contributed by atoms with Gasteiger partial charge in [0.25, 0.3) is 0 Å². The second-order valence-corrected chi connectivity index (χ2v) is 8.89. The molecule has 5 rings (SSSR count). The molecule has 0 bridgehead atoms. The molecule has 1 saturated heterocycles. The van der Waals surface area contributed by atoms with E-state index in [0.29, 0.717) is 6.54 Å². The van der Waals surface area contributed by atoms with Crippen molar-refractivity contribution >= 4 is 29.2 Å². The van der Waals surface area contributed by atoms with Crippen LogP contribution in [-0.4, -0.2) is 55.3 Å². The summed E-state index contributed by atoms with van der Waals surface area (Å²) >= 11 is 0. The molecule has 0 atom stereocenters. The fourth-order valence-corrected chi connectivity index (χ4v) is 4.73. The van der Waals surface area contributed by atoms with E-state index in [0.717, 1.165) is 64.4 Å². The van der Waals surface area contributed by atoms with Gasteiger partial charge >= 0.3 is 6.03 Å². The Morgan fingerprint density at radius 3 is 2.47 bits per heavy atom. The molecule has 0 N–H and O–H groups in total. The molecule has 2 aromatic heterocycles. The number of fused-ring (bicyclic) bond motifs is 1. The summed E-state index contributed by atoms with van der Waals surface area (Å²) in [5.41, 5.74) is 7.69. The molecular weight excluding hydrogens is 424 g/mol. The van der Waals surface area contributed by atoms with Crippen LogP contribution in [-0.2, 0) is 20.1 Å². The summed E-state index contributed by atoms with van der Waals surface area (Å²) in [6, 6.07) is 14.8. The Morgan fingerprint density at radius 1 is 1.03 bits per heavy atom. The summed E-state index contributed by atoms with van der Waals surface area (Å²) in [6.07, 6.45) is 6.08. The lowest BCUT2D eigenvalue weighted by atomic mass is 10.1. The van der Waals surface area contributed by atoms with Gasteiger partial charge in [0.15, 0.2) is 0 Å². The van der Waals surface area contributed by atoms with Gasteiger partial charge < -0.3 is 14.4 Å². The number of imidazole rings is 1. The van der Waals surface area contributed by atoms with Crippen molar-refractivity contribution in [3.8, 4) is 11.3 Å². The zero-order chi connectivity index (χ0) is 23.8. The Bertz CT molecular complexity index is 1360. The van der Waals surface area contributed by atoms with Gasteiger partial charge in [-0.3, -0.25) is 4.68 Å². The third-order valence-electron chi connectivity index (χ3n) is 6.58. The number of hydrogen-bond donors (Lipinski definition) is 0. The minimum Gasteiger partial charge on any atom is -0.326 e. The number of nitrogens with zero attached hydrogens (tertiary/aromatic N) is 6. The van der Waals surface area contributed by atoms with Crippen molar-refractivity contribution in [2.45, 2.75) is 26.9 Å². The summed E-state index contributed by atoms with van der Waals surface area (Å²) in [6.45, 7) is 7.29. The van der Waals surface area contributed by atoms with E-state index in [1.54, 1.807) is 4.90 Å². The average molecular weight is 455 g/mol. The number of aryl methyl sites for hydroxylation is 3. The second kappa shape index (κ2) is 8.82. The van der Waals surface area contributed by atoms with Gasteiger partial charge in [-0.2, -0.15) is 5.10 Å². The maximum absolute atomic E-state index is 12.1. The average Bonchev–Trinajstić information content (AvgIpc) is 3.48. The summed E-state index contributed by atoms with van der Waals surface area (Å²) in [5.74, 6) is 0.930. The third kappa shape index (κ3) is 3.87. The first-order chi connectivity index (χ1) is 16.5. The van der Waals surface area contributed by atoms with Crippen molar-refractivity contribution in [1.29, 1.82) is 0 Å². The normalized spacial score (nSPS) is 14.3. The Kier molecular flexibility index (Phi) is 5.69. The molecule has 174 valence electrons. The van der Waals surface area contributed by atoms with Gasteiger partial charge in [-0.1, -0.05) is 42.5 Å². The smallest absolute Gasteiger partial charge is 0.320 e. The highest BCUT2D eigenvalue weighted by molar-refractivity contribution is 5.93. The maximum atomic E-state index is 12.1. The number of para-hydroxylation sites is 1. The highest BCUT2D eigenvalue weighted by Crippen LogP contribution is 2.31. The summed E-state index contributed by atoms with van der Waals surface area (Å²) in [7, 11) is 3.82. The van der Waals surface area contributed by atoms with Crippen molar-refractivity contribution in [2.24, 2.45) is 7.05 Å². The Labute approximate surface area is 199 Å². The largest absolute Gasteiger partial charge is 0.326 e. The lowest BCUT2D eigenvalue weighted by molar-refractivity contribution is 0.197. The number of benzene rings is 2. The molecule has 0 saturated carbocycles. The van der Waals surface area contributed by atoms with E-state index >= 15 is 0 Å². The molecule has 1 aliphatic heterocycles. The second-order valence-electron chi connectivity index (χ2n) is 8.89. The molecule has 34 heavy (non-hydrogen) atoms. The van der Waals surface area contributed by atoms with Crippen molar-refractivity contribution in [2.75, 3.05) is 20.1 Å². The molecule has 1 fully saturated rings. The lowest BCUT2D eigenvalue weighted by Crippen LogP contribution is -2.28. The van der Waals surface area contributed by atoms with Crippen molar-refractivity contribution in [3.05, 3.63) is 71.2 Å². The minimum absolute atomic E-state index is 0.100. The van der Waals surface area contributed by atoms with Crippen LogP contribution in [0.15, 0.2) is 48.7 Å². The van der Waals surface area contributed by atoms with Gasteiger partial charge in [0.05, 0.1) is 22.9 Å². The van der Waals surface area contributed by atoms with Crippen LogP contribution >= 0.6 is 0 Å². The van der Waals surface area contributed by atoms with Crippen LogP contribution in [0.25, 0.3) is 34.4 Å². The fourth-order valence-electron chi connectivity index (χ4n) is 4.73. The molecule has 3 heterocycles. The standard InChI is InChI=1S/C27H30N6O/c1-5-33-23-8-6-7-22(26-19(2)17-28-31(26)4)25(23)29-24(33)14-13-20-9-11-21(12-10-20)18-32-16-15-30(3)27(32)34/h6-14,17H,5,15-16,18H2,1-4H3/b14-13+. The fraction of sp³-hybridized carbons (Fsp3) is 0.296. The molecule has 4 aromatic rings. The molecule has 0 aliphatic carbocycles. The van der Waals surface area contributed by atoms with Crippen LogP contribution < -0.4 is 0 Å². The van der Waals surface area contributed by atoms with E-state index in [1.807, 2.05) is 29.9 Å². The van der Waals surface area contributed by atoms with Crippen LogP contribution in [0.3, 0.4) is 0 Å². The van der Waals surface area contributed by atoms with E-state index in [-0.39, 0.29) is 6.03 Å². The Morgan fingerprint density at radius 2 is 1.82 bits per heavy atom. The topological polar surface area (TPSA) is 59.2 Å². The number of carbonyl (C=O) groups excluding carboxylic acids is 1. The van der Waals surface area contributed by atoms with Crippen molar-refractivity contribution < 1.29 is 4.79 Å². The summed E-state index contributed by atoms with van der Waals surface area (Å²) < 4.78 is 4.16. The van der Waals surface area contributed by atoms with Gasteiger partial charge in [0.2, 0.25) is 0 Å². The molecule has 0 spiro atoms. The molecule has 2 aromatic carbocycles. The minimum atomic E-state index is 0.100. The van der Waals surface area contributed by atoms with E-state index in [2.05, 4.69) is 78.1 Å². The molecule has 0 radical (unpaired) electrons. The molecule has 0 unspecified atom stereocenters. The van der Waals surface area contributed by atoms with Crippen molar-refractivity contribution in [3.63, 3.8) is 0 Å². The van der Waals surface area contributed by atoms with Crippen LogP contribution in [0.1, 0.15) is 29.4 Å². The van der Waals surface area contributed by atoms with Crippen LogP contribution in [0.5, 0.6) is 0 Å². The predicted octanol–water partition coefficient (Wildman–Crippen LogP) is 4.80. The summed E-state index contributed by atoms with van der Waals surface area (Å²) in [5, 5.41) is 4.42. The number of amides is 2. The van der Waals surface area contributed by atoms with Crippen LogP contribution in [0.2, 0.25) is 0 Å². The third-order valence-corrected chi connectivity index (χ3v) is 6.58. The maximum Gasteiger partial charge on any atom is 0.320 e. The predicted molar refractivity (Wildman–Crippen MR) is 136 cm³/mol. The lowest BCUT2D eigenvalue weighted by Gasteiger charge is -2.15. The first kappa shape index (κ1) is 21.9. The number of carbonyl (C=O) groups is 1. The Hall–Kier alpha value is -3.87. The van der Waals surface area contributed by atoms with E-state index < -0.39 is 0 Å². The molecule has 7 nitrogen and oxygen atoms in total. The zero-order valence-corrected chi connectivity index (χ0v) is 20.2. The summed E-state index contributed by atoms with van der Waals surface area (Å²) in [4.78, 5) is 20.8. The first-order valence-electron chi connectivity index (χ1n) is 11.7. The highest BCUT2D eigenvalue weighted by Gasteiger charge is 2.24.